The molecular weight excluding hydrogens is 367 g/mol. The number of fused-ring (bicyclic) bond motifs is 2. The maximum atomic E-state index is 13.7. The Labute approximate surface area is 151 Å². The van der Waals surface area contributed by atoms with Gasteiger partial charge < -0.3 is 4.74 Å². The van der Waals surface area contributed by atoms with Crippen molar-refractivity contribution in [2.24, 2.45) is 10.9 Å². The van der Waals surface area contributed by atoms with Crippen LogP contribution in [0, 0.1) is 12.8 Å². The monoisotopic (exact) mass is 377 g/mol. The summed E-state index contributed by atoms with van der Waals surface area (Å²) in [5.74, 6) is -3.73. The molecule has 2 aromatic carbocycles. The van der Waals surface area contributed by atoms with Crippen LogP contribution in [-0.2, 0) is 9.53 Å². The number of hydrogen-bond donors (Lipinski definition) is 0. The first-order valence-corrected chi connectivity index (χ1v) is 8.13. The lowest BCUT2D eigenvalue weighted by Gasteiger charge is -2.28. The summed E-state index contributed by atoms with van der Waals surface area (Å²) in [6, 6.07) is 11.3. The van der Waals surface area contributed by atoms with E-state index in [1.807, 2.05) is 0 Å². The molecule has 0 saturated heterocycles. The van der Waals surface area contributed by atoms with E-state index in [-0.39, 0.29) is 27.6 Å². The molecule has 0 radical (unpaired) electrons. The number of carbonyl (C=O) groups excluding carboxylic acids is 1. The number of ether oxygens (including phenoxy) is 1. The van der Waals surface area contributed by atoms with Gasteiger partial charge in [0.15, 0.2) is 11.7 Å². The largest absolute Gasteiger partial charge is 0.423 e. The van der Waals surface area contributed by atoms with Gasteiger partial charge in [0.25, 0.3) is 0 Å². The van der Waals surface area contributed by atoms with E-state index in [4.69, 9.17) is 16.3 Å². The molecule has 0 aromatic heterocycles. The van der Waals surface area contributed by atoms with Crippen LogP contribution in [-0.4, -0.2) is 12.1 Å². The summed E-state index contributed by atoms with van der Waals surface area (Å²) in [7, 11) is 0. The first-order valence-electron chi connectivity index (χ1n) is 7.75. The molecule has 4 rings (SSSR count). The number of hydrogen-bond acceptors (Lipinski definition) is 3. The molecule has 1 atom stereocenters. The summed E-state index contributed by atoms with van der Waals surface area (Å²) in [6.07, 6.45) is -4.80. The van der Waals surface area contributed by atoms with Gasteiger partial charge in [0.2, 0.25) is 0 Å². The molecule has 0 spiro atoms. The van der Waals surface area contributed by atoms with Gasteiger partial charge in [-0.2, -0.15) is 13.2 Å². The Morgan fingerprint density at radius 3 is 2.46 bits per heavy atom. The van der Waals surface area contributed by atoms with Gasteiger partial charge in [0, 0.05) is 10.8 Å². The van der Waals surface area contributed by atoms with Gasteiger partial charge in [0.1, 0.15) is 5.70 Å². The zero-order valence-electron chi connectivity index (χ0n) is 13.4. The average molecular weight is 378 g/mol. The van der Waals surface area contributed by atoms with E-state index >= 15 is 0 Å². The second kappa shape index (κ2) is 5.71. The van der Waals surface area contributed by atoms with E-state index in [1.54, 1.807) is 37.3 Å². The molecule has 0 N–H and O–H groups in total. The Morgan fingerprint density at radius 2 is 1.81 bits per heavy atom. The second-order valence-electron chi connectivity index (χ2n) is 6.05. The van der Waals surface area contributed by atoms with Gasteiger partial charge in [-0.1, -0.05) is 48.0 Å². The Bertz CT molecular complexity index is 1090. The summed E-state index contributed by atoms with van der Waals surface area (Å²) < 4.78 is 46.1. The number of nitrogens with zero attached hydrogens (tertiary/aromatic N) is 1. The molecule has 2 heterocycles. The van der Waals surface area contributed by atoms with Crippen molar-refractivity contribution in [2.45, 2.75) is 13.1 Å². The fourth-order valence-corrected chi connectivity index (χ4v) is 3.46. The molecular formula is C19H11ClF3NO2. The van der Waals surface area contributed by atoms with Crippen molar-refractivity contribution >= 4 is 28.9 Å². The van der Waals surface area contributed by atoms with Crippen LogP contribution in [0.15, 0.2) is 53.2 Å². The third-order valence-corrected chi connectivity index (χ3v) is 4.70. The summed E-state index contributed by atoms with van der Waals surface area (Å²) in [4.78, 5) is 16.6. The lowest BCUT2D eigenvalue weighted by molar-refractivity contribution is -0.182. The van der Waals surface area contributed by atoms with Crippen molar-refractivity contribution < 1.29 is 22.7 Å². The van der Waals surface area contributed by atoms with Crippen molar-refractivity contribution in [3.05, 3.63) is 74.9 Å². The third kappa shape index (κ3) is 2.44. The smallest absolute Gasteiger partial charge is 0.406 e. The topological polar surface area (TPSA) is 38.7 Å². The minimum absolute atomic E-state index is 0.00400. The standard InChI is InChI=1S/C19H11ClF3NO2/c1-9-7-8-11(20)15-12(9)17-16(24-15)13(10-5-3-2-4-6-10)14(18(25)26-17)19(21,22)23/h2-8,14H,1H3. The fraction of sp³-hybridized carbons (Fsp3) is 0.158. The van der Waals surface area contributed by atoms with E-state index in [2.05, 4.69) is 4.99 Å². The van der Waals surface area contributed by atoms with Gasteiger partial charge in [-0.15, -0.1) is 0 Å². The molecule has 7 heteroatoms. The molecule has 2 aliphatic rings. The highest BCUT2D eigenvalue weighted by atomic mass is 35.5. The Kier molecular flexibility index (Phi) is 3.70. The number of aryl methyl sites for hydroxylation is 1. The van der Waals surface area contributed by atoms with Crippen LogP contribution in [0.4, 0.5) is 13.2 Å². The van der Waals surface area contributed by atoms with E-state index in [1.165, 1.54) is 12.1 Å². The minimum atomic E-state index is -4.80. The number of rotatable bonds is 1. The van der Waals surface area contributed by atoms with Crippen LogP contribution in [0.3, 0.4) is 0 Å². The normalized spacial score (nSPS) is 19.0. The van der Waals surface area contributed by atoms with Gasteiger partial charge in [-0.25, -0.2) is 4.99 Å². The summed E-state index contributed by atoms with van der Waals surface area (Å²) in [6.45, 7) is 1.76. The molecule has 0 saturated carbocycles. The molecule has 0 fully saturated rings. The lowest BCUT2D eigenvalue weighted by atomic mass is 9.87. The zero-order chi connectivity index (χ0) is 18.6. The van der Waals surface area contributed by atoms with E-state index in [9.17, 15) is 18.0 Å². The Hall–Kier alpha value is -2.60. The molecule has 2 aliphatic heterocycles. The van der Waals surface area contributed by atoms with Crippen LogP contribution in [0.1, 0.15) is 11.1 Å². The predicted molar refractivity (Wildman–Crippen MR) is 89.4 cm³/mol. The number of halogens is 4. The first kappa shape index (κ1) is 16.8. The van der Waals surface area contributed by atoms with Gasteiger partial charge in [0.05, 0.1) is 10.4 Å². The minimum Gasteiger partial charge on any atom is -0.423 e. The molecule has 0 aliphatic carbocycles. The first-order chi connectivity index (χ1) is 12.3. The summed E-state index contributed by atoms with van der Waals surface area (Å²) in [5, 5.41) is 1.06. The van der Waals surface area contributed by atoms with Crippen LogP contribution < -0.4 is 10.6 Å². The molecule has 0 bridgehead atoms. The average Bonchev–Trinajstić information content (AvgIpc) is 2.97. The maximum absolute atomic E-state index is 13.7. The van der Waals surface area contributed by atoms with Crippen molar-refractivity contribution in [3.8, 4) is 0 Å². The Balaban J connectivity index is 2.14. The van der Waals surface area contributed by atoms with Crippen LogP contribution in [0.2, 0.25) is 5.02 Å². The molecule has 0 amide bonds. The number of alkyl halides is 3. The van der Waals surface area contributed by atoms with Gasteiger partial charge in [-0.05, 0) is 24.1 Å². The third-order valence-electron chi connectivity index (χ3n) is 4.40. The van der Waals surface area contributed by atoms with Crippen molar-refractivity contribution in [1.29, 1.82) is 0 Å². The van der Waals surface area contributed by atoms with E-state index in [0.717, 1.165) is 0 Å². The fourth-order valence-electron chi connectivity index (χ4n) is 3.26. The molecule has 26 heavy (non-hydrogen) atoms. The highest BCUT2D eigenvalue weighted by Gasteiger charge is 2.53. The highest BCUT2D eigenvalue weighted by Crippen LogP contribution is 2.45. The predicted octanol–water partition coefficient (Wildman–Crippen LogP) is 3.54. The second-order valence-corrected chi connectivity index (χ2v) is 6.46. The summed E-state index contributed by atoms with van der Waals surface area (Å²) >= 11 is 6.17. The van der Waals surface area contributed by atoms with Crippen molar-refractivity contribution in [1.82, 2.24) is 0 Å². The quantitative estimate of drug-likeness (QED) is 0.713. The lowest BCUT2D eigenvalue weighted by Crippen LogP contribution is -2.37. The number of benzene rings is 2. The number of carbonyl (C=O) groups is 1. The molecule has 3 nitrogen and oxygen atoms in total. The van der Waals surface area contributed by atoms with Crippen LogP contribution >= 0.6 is 11.6 Å². The number of esters is 1. The summed E-state index contributed by atoms with van der Waals surface area (Å²) in [5.41, 5.74) is 0.772. The van der Waals surface area contributed by atoms with Gasteiger partial charge in [-0.3, -0.25) is 4.79 Å². The molecule has 132 valence electrons. The van der Waals surface area contributed by atoms with Crippen molar-refractivity contribution in [2.75, 3.05) is 0 Å². The van der Waals surface area contributed by atoms with E-state index in [0.29, 0.717) is 16.1 Å². The van der Waals surface area contributed by atoms with E-state index < -0.39 is 18.1 Å². The molecule has 2 aromatic rings. The van der Waals surface area contributed by atoms with Gasteiger partial charge >= 0.3 is 12.1 Å². The van der Waals surface area contributed by atoms with Crippen LogP contribution in [0.5, 0.6) is 0 Å². The van der Waals surface area contributed by atoms with Crippen LogP contribution in [0.25, 0.3) is 11.3 Å². The SMILES string of the molecule is Cc1ccc(Cl)c2c1=C1OC(=O)C(C(F)(F)F)C(c3ccccc3)=C1N=2. The highest BCUT2D eigenvalue weighted by molar-refractivity contribution is 6.30. The maximum Gasteiger partial charge on any atom is 0.406 e. The zero-order valence-corrected chi connectivity index (χ0v) is 14.2. The Morgan fingerprint density at radius 1 is 1.12 bits per heavy atom. The molecule has 1 unspecified atom stereocenters. The van der Waals surface area contributed by atoms with Crippen molar-refractivity contribution in [3.63, 3.8) is 0 Å².